The van der Waals surface area contributed by atoms with Gasteiger partial charge in [0.25, 0.3) is 0 Å². The van der Waals surface area contributed by atoms with Gasteiger partial charge in [0.2, 0.25) is 0 Å². The highest BCUT2D eigenvalue weighted by atomic mass is 15.2. The molecule has 3 heteroatoms. The molecule has 2 aliphatic rings. The zero-order chi connectivity index (χ0) is 13.1. The number of nitrogens with zero attached hydrogens (tertiary/aromatic N) is 2. The molecule has 1 aliphatic heterocycles. The summed E-state index contributed by atoms with van der Waals surface area (Å²) in [6, 6.07) is 0.444. The summed E-state index contributed by atoms with van der Waals surface area (Å²) in [6.45, 7) is 10.9. The van der Waals surface area contributed by atoms with E-state index in [1.54, 1.807) is 0 Å². The molecule has 3 atom stereocenters. The van der Waals surface area contributed by atoms with E-state index in [4.69, 9.17) is 5.73 Å². The second-order valence-corrected chi connectivity index (χ2v) is 6.84. The van der Waals surface area contributed by atoms with Crippen LogP contribution in [0.4, 0.5) is 0 Å². The van der Waals surface area contributed by atoms with Crippen molar-refractivity contribution < 1.29 is 0 Å². The molecule has 0 aromatic rings. The zero-order valence-corrected chi connectivity index (χ0v) is 12.4. The van der Waals surface area contributed by atoms with Crippen LogP contribution in [0.1, 0.15) is 33.1 Å². The summed E-state index contributed by atoms with van der Waals surface area (Å²) in [4.78, 5) is 5.06. The molecule has 106 valence electrons. The predicted molar refractivity (Wildman–Crippen MR) is 77.6 cm³/mol. The molecule has 0 bridgehead atoms. The van der Waals surface area contributed by atoms with Gasteiger partial charge in [0.1, 0.15) is 0 Å². The topological polar surface area (TPSA) is 32.5 Å². The first kappa shape index (κ1) is 14.3. The molecule has 0 spiro atoms. The lowest BCUT2D eigenvalue weighted by molar-refractivity contribution is 0.0990. The lowest BCUT2D eigenvalue weighted by atomic mass is 9.73. The number of likely N-dealkylation sites (N-methyl/N-ethyl adjacent to an activating group) is 1. The first-order valence-electron chi connectivity index (χ1n) is 7.72. The quantitative estimate of drug-likeness (QED) is 0.830. The Morgan fingerprint density at radius 1 is 1.11 bits per heavy atom. The summed E-state index contributed by atoms with van der Waals surface area (Å²) < 4.78 is 0. The van der Waals surface area contributed by atoms with Crippen molar-refractivity contribution in [2.75, 3.05) is 39.8 Å². The van der Waals surface area contributed by atoms with Crippen molar-refractivity contribution >= 4 is 0 Å². The molecule has 18 heavy (non-hydrogen) atoms. The Morgan fingerprint density at radius 3 is 2.39 bits per heavy atom. The lowest BCUT2D eigenvalue weighted by Gasteiger charge is -2.40. The fourth-order valence-corrected chi connectivity index (χ4v) is 3.50. The van der Waals surface area contributed by atoms with Gasteiger partial charge in [-0.2, -0.15) is 0 Å². The van der Waals surface area contributed by atoms with Gasteiger partial charge in [-0.3, -0.25) is 0 Å². The van der Waals surface area contributed by atoms with Crippen molar-refractivity contribution in [1.29, 1.82) is 0 Å². The van der Waals surface area contributed by atoms with Gasteiger partial charge < -0.3 is 15.5 Å². The molecule has 3 nitrogen and oxygen atoms in total. The van der Waals surface area contributed by atoms with Crippen LogP contribution in [0.3, 0.4) is 0 Å². The van der Waals surface area contributed by atoms with Gasteiger partial charge in [-0.1, -0.05) is 13.8 Å². The number of rotatable bonds is 3. The number of nitrogens with two attached hydrogens (primary N) is 1. The molecule has 1 saturated carbocycles. The van der Waals surface area contributed by atoms with Crippen molar-refractivity contribution in [3.05, 3.63) is 0 Å². The van der Waals surface area contributed by atoms with Crippen LogP contribution in [-0.2, 0) is 0 Å². The Labute approximate surface area is 113 Å². The van der Waals surface area contributed by atoms with Gasteiger partial charge in [-0.05, 0) is 44.1 Å². The van der Waals surface area contributed by atoms with Gasteiger partial charge in [-0.25, -0.2) is 0 Å². The van der Waals surface area contributed by atoms with E-state index in [-0.39, 0.29) is 0 Å². The van der Waals surface area contributed by atoms with Crippen molar-refractivity contribution in [2.24, 2.45) is 23.5 Å². The molecule has 1 aliphatic carbocycles. The van der Waals surface area contributed by atoms with E-state index in [0.29, 0.717) is 6.04 Å². The van der Waals surface area contributed by atoms with Gasteiger partial charge >= 0.3 is 0 Å². The Morgan fingerprint density at radius 2 is 1.78 bits per heavy atom. The number of piperazine rings is 1. The fourth-order valence-electron chi connectivity index (χ4n) is 3.50. The van der Waals surface area contributed by atoms with E-state index in [0.717, 1.165) is 17.8 Å². The largest absolute Gasteiger partial charge is 0.327 e. The first-order valence-corrected chi connectivity index (χ1v) is 7.72. The third-order valence-corrected chi connectivity index (χ3v) is 5.11. The number of hydrogen-bond donors (Lipinski definition) is 1. The minimum absolute atomic E-state index is 0.444. The van der Waals surface area contributed by atoms with E-state index in [1.807, 2.05) is 0 Å². The SMILES string of the molecule is CC(C)C1CCC(N)C(CN2CCN(C)CC2)C1. The van der Waals surface area contributed by atoms with Crippen LogP contribution in [0.15, 0.2) is 0 Å². The highest BCUT2D eigenvalue weighted by Gasteiger charge is 2.31. The van der Waals surface area contributed by atoms with Crippen LogP contribution in [0.2, 0.25) is 0 Å². The Bertz CT molecular complexity index is 246. The van der Waals surface area contributed by atoms with Gasteiger partial charge in [0.05, 0.1) is 0 Å². The average molecular weight is 253 g/mol. The van der Waals surface area contributed by atoms with Crippen molar-refractivity contribution in [3.63, 3.8) is 0 Å². The monoisotopic (exact) mass is 253 g/mol. The van der Waals surface area contributed by atoms with Crippen LogP contribution in [-0.4, -0.2) is 55.6 Å². The van der Waals surface area contributed by atoms with Crippen LogP contribution >= 0.6 is 0 Å². The second kappa shape index (κ2) is 6.36. The third-order valence-electron chi connectivity index (χ3n) is 5.11. The highest BCUT2D eigenvalue weighted by molar-refractivity contribution is 4.86. The predicted octanol–water partition coefficient (Wildman–Crippen LogP) is 1.63. The molecule has 1 saturated heterocycles. The van der Waals surface area contributed by atoms with E-state index in [2.05, 4.69) is 30.7 Å². The highest BCUT2D eigenvalue weighted by Crippen LogP contribution is 2.33. The zero-order valence-electron chi connectivity index (χ0n) is 12.4. The van der Waals surface area contributed by atoms with E-state index >= 15 is 0 Å². The van der Waals surface area contributed by atoms with E-state index in [1.165, 1.54) is 52.0 Å². The molecule has 3 unspecified atom stereocenters. The summed E-state index contributed by atoms with van der Waals surface area (Å²) in [7, 11) is 2.22. The summed E-state index contributed by atoms with van der Waals surface area (Å²) >= 11 is 0. The molecule has 2 fully saturated rings. The standard InChI is InChI=1S/C15H31N3/c1-12(2)13-4-5-15(16)14(10-13)11-18-8-6-17(3)7-9-18/h12-15H,4-11,16H2,1-3H3. The Hall–Kier alpha value is -0.120. The fraction of sp³-hybridized carbons (Fsp3) is 1.00. The normalized spacial score (nSPS) is 36.2. The van der Waals surface area contributed by atoms with Crippen LogP contribution in [0, 0.1) is 17.8 Å². The maximum atomic E-state index is 6.35. The van der Waals surface area contributed by atoms with Crippen LogP contribution in [0.25, 0.3) is 0 Å². The molecule has 0 aromatic carbocycles. The summed E-state index contributed by atoms with van der Waals surface area (Å²) in [5, 5.41) is 0. The molecule has 2 rings (SSSR count). The Kier molecular flexibility index (Phi) is 5.05. The minimum atomic E-state index is 0.444. The second-order valence-electron chi connectivity index (χ2n) is 6.84. The van der Waals surface area contributed by atoms with Gasteiger partial charge in [0, 0.05) is 38.8 Å². The molecular formula is C15H31N3. The Balaban J connectivity index is 1.83. The summed E-state index contributed by atoms with van der Waals surface area (Å²) in [6.07, 6.45) is 3.94. The number of hydrogen-bond acceptors (Lipinski definition) is 3. The average Bonchev–Trinajstić information content (AvgIpc) is 2.34. The molecule has 0 aromatic heterocycles. The maximum absolute atomic E-state index is 6.35. The van der Waals surface area contributed by atoms with E-state index in [9.17, 15) is 0 Å². The summed E-state index contributed by atoms with van der Waals surface area (Å²) in [5.41, 5.74) is 6.35. The van der Waals surface area contributed by atoms with Gasteiger partial charge in [0.15, 0.2) is 0 Å². The van der Waals surface area contributed by atoms with Gasteiger partial charge in [-0.15, -0.1) is 0 Å². The molecule has 0 amide bonds. The molecule has 1 heterocycles. The van der Waals surface area contributed by atoms with Crippen molar-refractivity contribution in [1.82, 2.24) is 9.80 Å². The van der Waals surface area contributed by atoms with Crippen molar-refractivity contribution in [3.8, 4) is 0 Å². The molecule has 2 N–H and O–H groups in total. The van der Waals surface area contributed by atoms with Crippen LogP contribution < -0.4 is 5.73 Å². The van der Waals surface area contributed by atoms with Crippen LogP contribution in [0.5, 0.6) is 0 Å². The van der Waals surface area contributed by atoms with E-state index < -0.39 is 0 Å². The minimum Gasteiger partial charge on any atom is -0.327 e. The third kappa shape index (κ3) is 3.69. The molecule has 0 radical (unpaired) electrons. The maximum Gasteiger partial charge on any atom is 0.0110 e. The van der Waals surface area contributed by atoms with Crippen molar-refractivity contribution in [2.45, 2.75) is 39.2 Å². The molecular weight excluding hydrogens is 222 g/mol. The smallest absolute Gasteiger partial charge is 0.0110 e. The summed E-state index contributed by atoms with van der Waals surface area (Å²) in [5.74, 6) is 2.46. The lowest BCUT2D eigenvalue weighted by Crippen LogP contribution is -2.49. The first-order chi connectivity index (χ1) is 8.56.